The van der Waals surface area contributed by atoms with Crippen LogP contribution in [0, 0.1) is 18.6 Å². The summed E-state index contributed by atoms with van der Waals surface area (Å²) in [6.45, 7) is 1.44. The summed E-state index contributed by atoms with van der Waals surface area (Å²) in [5.74, 6) is -1.78. The van der Waals surface area contributed by atoms with Crippen molar-refractivity contribution in [2.45, 2.75) is 11.8 Å². The standard InChI is InChI=1S/C13H11F2NO3S/c1-8-6-9(14)2-5-13(8)20(18,19)16-12-4-3-10(17)7-11(12)15/h2-7,16-17H,1H3. The van der Waals surface area contributed by atoms with Crippen molar-refractivity contribution in [3.8, 4) is 5.75 Å². The molecular formula is C13H11F2NO3S. The fourth-order valence-corrected chi connectivity index (χ4v) is 3.00. The molecule has 0 aromatic heterocycles. The molecule has 7 heteroatoms. The Morgan fingerprint density at radius 3 is 2.40 bits per heavy atom. The molecule has 0 saturated carbocycles. The summed E-state index contributed by atoms with van der Waals surface area (Å²) in [5.41, 5.74) is -0.0942. The van der Waals surface area contributed by atoms with Crippen LogP contribution in [0.25, 0.3) is 0 Å². The molecule has 106 valence electrons. The molecule has 2 aromatic carbocycles. The van der Waals surface area contributed by atoms with Crippen LogP contribution in [-0.4, -0.2) is 13.5 Å². The van der Waals surface area contributed by atoms with E-state index in [9.17, 15) is 17.2 Å². The van der Waals surface area contributed by atoms with E-state index in [1.54, 1.807) is 0 Å². The van der Waals surface area contributed by atoms with Crippen LogP contribution in [0.5, 0.6) is 5.75 Å². The largest absolute Gasteiger partial charge is 0.508 e. The Hall–Kier alpha value is -2.15. The lowest BCUT2D eigenvalue weighted by atomic mass is 10.2. The zero-order valence-electron chi connectivity index (χ0n) is 10.4. The topological polar surface area (TPSA) is 66.4 Å². The number of sulfonamides is 1. The third-order valence-corrected chi connectivity index (χ3v) is 4.15. The maximum Gasteiger partial charge on any atom is 0.262 e. The van der Waals surface area contributed by atoms with Gasteiger partial charge in [0.2, 0.25) is 0 Å². The number of nitrogens with one attached hydrogen (secondary N) is 1. The van der Waals surface area contributed by atoms with Gasteiger partial charge in [-0.2, -0.15) is 0 Å². The molecule has 0 amide bonds. The molecule has 0 radical (unpaired) electrons. The number of aromatic hydroxyl groups is 1. The lowest BCUT2D eigenvalue weighted by molar-refractivity contribution is 0.469. The van der Waals surface area contributed by atoms with Crippen LogP contribution in [0.1, 0.15) is 5.56 Å². The number of hydrogen-bond acceptors (Lipinski definition) is 3. The number of hydrogen-bond donors (Lipinski definition) is 2. The number of benzene rings is 2. The van der Waals surface area contributed by atoms with Gasteiger partial charge in [-0.05, 0) is 42.8 Å². The highest BCUT2D eigenvalue weighted by molar-refractivity contribution is 7.92. The van der Waals surface area contributed by atoms with Gasteiger partial charge in [-0.25, -0.2) is 17.2 Å². The Balaban J connectivity index is 2.41. The van der Waals surface area contributed by atoms with E-state index in [2.05, 4.69) is 4.72 Å². The van der Waals surface area contributed by atoms with Crippen LogP contribution in [0.3, 0.4) is 0 Å². The van der Waals surface area contributed by atoms with Crippen molar-refractivity contribution in [1.82, 2.24) is 0 Å². The van der Waals surface area contributed by atoms with Gasteiger partial charge in [-0.1, -0.05) is 0 Å². The van der Waals surface area contributed by atoms with Crippen molar-refractivity contribution >= 4 is 15.7 Å². The monoisotopic (exact) mass is 299 g/mol. The molecular weight excluding hydrogens is 288 g/mol. The third-order valence-electron chi connectivity index (χ3n) is 2.62. The van der Waals surface area contributed by atoms with Crippen LogP contribution < -0.4 is 4.72 Å². The molecule has 0 atom stereocenters. The summed E-state index contributed by atoms with van der Waals surface area (Å²) < 4.78 is 52.8. The highest BCUT2D eigenvalue weighted by atomic mass is 32.2. The average molecular weight is 299 g/mol. The van der Waals surface area contributed by atoms with Gasteiger partial charge in [-0.15, -0.1) is 0 Å². The fourth-order valence-electron chi connectivity index (χ4n) is 1.70. The Morgan fingerprint density at radius 1 is 1.10 bits per heavy atom. The molecule has 0 aliphatic heterocycles. The van der Waals surface area contributed by atoms with Gasteiger partial charge in [-0.3, -0.25) is 4.72 Å². The highest BCUT2D eigenvalue weighted by Crippen LogP contribution is 2.24. The van der Waals surface area contributed by atoms with E-state index in [-0.39, 0.29) is 21.9 Å². The second-order valence-corrected chi connectivity index (χ2v) is 5.83. The summed E-state index contributed by atoms with van der Waals surface area (Å²) in [5, 5.41) is 9.07. The van der Waals surface area contributed by atoms with Crippen LogP contribution in [0.4, 0.5) is 14.5 Å². The first kappa shape index (κ1) is 14.3. The minimum Gasteiger partial charge on any atom is -0.508 e. The average Bonchev–Trinajstić information content (AvgIpc) is 2.32. The summed E-state index contributed by atoms with van der Waals surface area (Å²) in [7, 11) is -4.03. The number of phenols is 1. The third kappa shape index (κ3) is 2.88. The van der Waals surface area contributed by atoms with Gasteiger partial charge in [0, 0.05) is 6.07 Å². The van der Waals surface area contributed by atoms with E-state index < -0.39 is 21.7 Å². The van der Waals surface area contributed by atoms with E-state index in [0.29, 0.717) is 0 Å². The second-order valence-electron chi connectivity index (χ2n) is 4.18. The van der Waals surface area contributed by atoms with Gasteiger partial charge in [0.15, 0.2) is 5.82 Å². The molecule has 0 saturated heterocycles. The lowest BCUT2D eigenvalue weighted by Gasteiger charge is -2.11. The first-order valence-corrected chi connectivity index (χ1v) is 7.05. The van der Waals surface area contributed by atoms with Crippen LogP contribution in [0.2, 0.25) is 0 Å². The maximum absolute atomic E-state index is 13.5. The van der Waals surface area contributed by atoms with Crippen molar-refractivity contribution in [1.29, 1.82) is 0 Å². The summed E-state index contributed by atoms with van der Waals surface area (Å²) >= 11 is 0. The van der Waals surface area contributed by atoms with Gasteiger partial charge >= 0.3 is 0 Å². The van der Waals surface area contributed by atoms with Crippen molar-refractivity contribution in [3.05, 3.63) is 53.6 Å². The number of halogens is 2. The van der Waals surface area contributed by atoms with Crippen molar-refractivity contribution in [2.24, 2.45) is 0 Å². The molecule has 4 nitrogen and oxygen atoms in total. The fraction of sp³-hybridized carbons (Fsp3) is 0.0769. The summed E-state index contributed by atoms with van der Waals surface area (Å²) in [6.07, 6.45) is 0. The summed E-state index contributed by atoms with van der Waals surface area (Å²) in [4.78, 5) is -0.147. The van der Waals surface area contributed by atoms with E-state index in [4.69, 9.17) is 5.11 Å². The molecule has 0 bridgehead atoms. The molecule has 0 aliphatic carbocycles. The van der Waals surface area contributed by atoms with Gasteiger partial charge in [0.25, 0.3) is 10.0 Å². The number of aryl methyl sites for hydroxylation is 1. The zero-order valence-corrected chi connectivity index (χ0v) is 11.2. The van der Waals surface area contributed by atoms with Gasteiger partial charge < -0.3 is 5.11 Å². The normalized spacial score (nSPS) is 11.3. The van der Waals surface area contributed by atoms with E-state index in [1.807, 2.05) is 0 Å². The van der Waals surface area contributed by atoms with E-state index in [0.717, 1.165) is 36.4 Å². The van der Waals surface area contributed by atoms with Crippen molar-refractivity contribution < 1.29 is 22.3 Å². The van der Waals surface area contributed by atoms with Crippen molar-refractivity contribution in [3.63, 3.8) is 0 Å². The highest BCUT2D eigenvalue weighted by Gasteiger charge is 2.19. The lowest BCUT2D eigenvalue weighted by Crippen LogP contribution is -2.15. The number of rotatable bonds is 3. The maximum atomic E-state index is 13.5. The molecule has 0 aliphatic rings. The number of phenolic OH excluding ortho intramolecular Hbond substituents is 1. The first-order valence-electron chi connectivity index (χ1n) is 5.57. The molecule has 0 heterocycles. The molecule has 2 aromatic rings. The molecule has 0 unspecified atom stereocenters. The molecule has 20 heavy (non-hydrogen) atoms. The SMILES string of the molecule is Cc1cc(F)ccc1S(=O)(=O)Nc1ccc(O)cc1F. The van der Waals surface area contributed by atoms with Gasteiger partial charge in [0.1, 0.15) is 11.6 Å². The van der Waals surface area contributed by atoms with Crippen LogP contribution >= 0.6 is 0 Å². The minimum absolute atomic E-state index is 0.147. The van der Waals surface area contributed by atoms with Crippen molar-refractivity contribution in [2.75, 3.05) is 4.72 Å². The quantitative estimate of drug-likeness (QED) is 0.856. The predicted molar refractivity (Wildman–Crippen MR) is 70.0 cm³/mol. The Kier molecular flexibility index (Phi) is 3.63. The molecule has 2 rings (SSSR count). The smallest absolute Gasteiger partial charge is 0.262 e. The first-order chi connectivity index (χ1) is 9.29. The Labute approximate surface area is 114 Å². The van der Waals surface area contributed by atoms with Crippen LogP contribution in [-0.2, 0) is 10.0 Å². The molecule has 0 fully saturated rings. The predicted octanol–water partition coefficient (Wildman–Crippen LogP) is 2.78. The second kappa shape index (κ2) is 5.09. The van der Waals surface area contributed by atoms with Crippen LogP contribution in [0.15, 0.2) is 41.3 Å². The van der Waals surface area contributed by atoms with E-state index >= 15 is 0 Å². The Morgan fingerprint density at radius 2 is 1.80 bits per heavy atom. The minimum atomic E-state index is -4.03. The van der Waals surface area contributed by atoms with Gasteiger partial charge in [0.05, 0.1) is 10.6 Å². The van der Waals surface area contributed by atoms with E-state index in [1.165, 1.54) is 6.92 Å². The molecule has 0 spiro atoms. The molecule has 2 N–H and O–H groups in total. The zero-order chi connectivity index (χ0) is 14.9. The summed E-state index contributed by atoms with van der Waals surface area (Å²) in [6, 6.07) is 6.22. The number of anilines is 1. The Bertz CT molecular complexity index is 760.